The Hall–Kier alpha value is -2.44. The summed E-state index contributed by atoms with van der Waals surface area (Å²) in [5.74, 6) is -1.70. The third-order valence-electron chi connectivity index (χ3n) is 3.96. The van der Waals surface area contributed by atoms with Gasteiger partial charge in [-0.25, -0.2) is 4.39 Å². The lowest BCUT2D eigenvalue weighted by atomic mass is 10.1. The van der Waals surface area contributed by atoms with E-state index in [0.29, 0.717) is 5.69 Å². The molecule has 0 bridgehead atoms. The van der Waals surface area contributed by atoms with Gasteiger partial charge in [0.2, 0.25) is 11.8 Å². The number of halogens is 3. The van der Waals surface area contributed by atoms with Gasteiger partial charge < -0.3 is 5.32 Å². The van der Waals surface area contributed by atoms with Crippen molar-refractivity contribution in [3.63, 3.8) is 0 Å². The van der Waals surface area contributed by atoms with Crippen molar-refractivity contribution in [2.24, 2.45) is 0 Å². The van der Waals surface area contributed by atoms with Gasteiger partial charge in [-0.05, 0) is 29.8 Å². The average molecular weight is 395 g/mol. The molecule has 0 atom stereocenters. The summed E-state index contributed by atoms with van der Waals surface area (Å²) >= 11 is 11.5. The first kappa shape index (κ1) is 18.4. The van der Waals surface area contributed by atoms with Gasteiger partial charge in [-0.15, -0.1) is 0 Å². The van der Waals surface area contributed by atoms with Crippen molar-refractivity contribution in [3.05, 3.63) is 63.4 Å². The van der Waals surface area contributed by atoms with E-state index in [0.717, 1.165) is 11.6 Å². The van der Waals surface area contributed by atoms with Crippen molar-refractivity contribution in [1.29, 1.82) is 0 Å². The number of rotatable bonds is 4. The van der Waals surface area contributed by atoms with Crippen LogP contribution >= 0.6 is 23.2 Å². The molecule has 0 aromatic heterocycles. The Morgan fingerprint density at radius 1 is 1.04 bits per heavy atom. The summed E-state index contributed by atoms with van der Waals surface area (Å²) in [6.45, 7) is 0.195. The third-order valence-corrected chi connectivity index (χ3v) is 4.56. The van der Waals surface area contributed by atoms with E-state index in [4.69, 9.17) is 23.2 Å². The summed E-state index contributed by atoms with van der Waals surface area (Å²) in [5.41, 5.74) is 1.18. The van der Waals surface area contributed by atoms with Gasteiger partial charge in [0.1, 0.15) is 5.82 Å². The standard InChI is InChI=1S/C18H13Cl2FN2O3/c19-13-8-14(20)15(21)7-12(13)18(26)22-11-3-1-10(2-4-11)9-23-16(24)5-6-17(23)25/h1-4,7-8H,5-6,9H2,(H,22,26). The van der Waals surface area contributed by atoms with Gasteiger partial charge in [0.15, 0.2) is 0 Å². The highest BCUT2D eigenvalue weighted by atomic mass is 35.5. The van der Waals surface area contributed by atoms with E-state index in [1.165, 1.54) is 11.0 Å². The van der Waals surface area contributed by atoms with Crippen molar-refractivity contribution in [2.75, 3.05) is 5.32 Å². The zero-order valence-electron chi connectivity index (χ0n) is 13.4. The summed E-state index contributed by atoms with van der Waals surface area (Å²) in [4.78, 5) is 36.7. The maximum absolute atomic E-state index is 13.5. The maximum Gasteiger partial charge on any atom is 0.257 e. The molecule has 0 unspecified atom stereocenters. The van der Waals surface area contributed by atoms with Gasteiger partial charge in [-0.1, -0.05) is 35.3 Å². The molecule has 0 saturated carbocycles. The molecule has 0 spiro atoms. The van der Waals surface area contributed by atoms with Gasteiger partial charge in [-0.2, -0.15) is 0 Å². The number of carbonyl (C=O) groups is 3. The minimum absolute atomic E-state index is 0.0362. The number of nitrogens with one attached hydrogen (secondary N) is 1. The Bertz CT molecular complexity index is 884. The van der Waals surface area contributed by atoms with E-state index in [2.05, 4.69) is 5.32 Å². The molecule has 5 nitrogen and oxygen atoms in total. The maximum atomic E-state index is 13.5. The Balaban J connectivity index is 1.69. The molecule has 1 aliphatic heterocycles. The van der Waals surface area contributed by atoms with Crippen LogP contribution in [0.15, 0.2) is 36.4 Å². The van der Waals surface area contributed by atoms with Crippen LogP contribution in [0.2, 0.25) is 10.0 Å². The number of amides is 3. The molecule has 1 aliphatic rings. The highest BCUT2D eigenvalue weighted by molar-refractivity contribution is 6.37. The minimum Gasteiger partial charge on any atom is -0.322 e. The van der Waals surface area contributed by atoms with Crippen molar-refractivity contribution in [2.45, 2.75) is 19.4 Å². The summed E-state index contributed by atoms with van der Waals surface area (Å²) in [7, 11) is 0. The smallest absolute Gasteiger partial charge is 0.257 e. The number of benzene rings is 2. The number of carbonyl (C=O) groups excluding carboxylic acids is 3. The molecule has 3 rings (SSSR count). The first-order valence-corrected chi connectivity index (χ1v) is 8.49. The molecule has 0 radical (unpaired) electrons. The van der Waals surface area contributed by atoms with Crippen LogP contribution in [0.3, 0.4) is 0 Å². The zero-order chi connectivity index (χ0) is 18.8. The number of nitrogens with zero attached hydrogens (tertiary/aromatic N) is 1. The lowest BCUT2D eigenvalue weighted by Gasteiger charge is -2.14. The molecule has 1 heterocycles. The molecule has 26 heavy (non-hydrogen) atoms. The monoisotopic (exact) mass is 394 g/mol. The molecule has 1 fully saturated rings. The van der Waals surface area contributed by atoms with E-state index < -0.39 is 11.7 Å². The van der Waals surface area contributed by atoms with Crippen LogP contribution in [0.1, 0.15) is 28.8 Å². The largest absolute Gasteiger partial charge is 0.322 e. The first-order chi connectivity index (χ1) is 12.3. The first-order valence-electron chi connectivity index (χ1n) is 7.73. The molecule has 3 amide bonds. The Labute approximate surface area is 158 Å². The third kappa shape index (κ3) is 3.86. The van der Waals surface area contributed by atoms with Gasteiger partial charge in [-0.3, -0.25) is 19.3 Å². The Kier molecular flexibility index (Phi) is 5.25. The van der Waals surface area contributed by atoms with Crippen molar-refractivity contribution >= 4 is 46.6 Å². The van der Waals surface area contributed by atoms with Crippen LogP contribution in [-0.2, 0) is 16.1 Å². The van der Waals surface area contributed by atoms with E-state index in [-0.39, 0.29) is 46.8 Å². The predicted octanol–water partition coefficient (Wildman–Crippen LogP) is 4.03. The molecule has 134 valence electrons. The van der Waals surface area contributed by atoms with E-state index in [1.807, 2.05) is 0 Å². The highest BCUT2D eigenvalue weighted by Crippen LogP contribution is 2.25. The molecule has 1 saturated heterocycles. The minimum atomic E-state index is -0.739. The number of hydrogen-bond acceptors (Lipinski definition) is 3. The van der Waals surface area contributed by atoms with Crippen LogP contribution < -0.4 is 5.32 Å². The van der Waals surface area contributed by atoms with Crippen molar-refractivity contribution in [1.82, 2.24) is 4.90 Å². The lowest BCUT2D eigenvalue weighted by molar-refractivity contribution is -0.139. The average Bonchev–Trinajstić information content (AvgIpc) is 2.91. The normalized spacial score (nSPS) is 14.0. The second kappa shape index (κ2) is 7.43. The summed E-state index contributed by atoms with van der Waals surface area (Å²) in [6, 6.07) is 8.77. The second-order valence-corrected chi connectivity index (χ2v) is 6.59. The Morgan fingerprint density at radius 2 is 1.65 bits per heavy atom. The molecule has 8 heteroatoms. The fraction of sp³-hybridized carbons (Fsp3) is 0.167. The van der Waals surface area contributed by atoms with Gasteiger partial charge in [0.25, 0.3) is 5.91 Å². The number of anilines is 1. The highest BCUT2D eigenvalue weighted by Gasteiger charge is 2.28. The van der Waals surface area contributed by atoms with E-state index in [9.17, 15) is 18.8 Å². The number of likely N-dealkylation sites (tertiary alicyclic amines) is 1. The van der Waals surface area contributed by atoms with Crippen LogP contribution in [-0.4, -0.2) is 22.6 Å². The molecular formula is C18H13Cl2FN2O3. The van der Waals surface area contributed by atoms with Crippen LogP contribution in [0.4, 0.5) is 10.1 Å². The van der Waals surface area contributed by atoms with Crippen LogP contribution in [0.25, 0.3) is 0 Å². The lowest BCUT2D eigenvalue weighted by Crippen LogP contribution is -2.28. The topological polar surface area (TPSA) is 66.5 Å². The second-order valence-electron chi connectivity index (χ2n) is 5.77. The van der Waals surface area contributed by atoms with E-state index in [1.54, 1.807) is 24.3 Å². The molecule has 0 aliphatic carbocycles. The zero-order valence-corrected chi connectivity index (χ0v) is 14.9. The van der Waals surface area contributed by atoms with E-state index >= 15 is 0 Å². The predicted molar refractivity (Wildman–Crippen MR) is 95.6 cm³/mol. The van der Waals surface area contributed by atoms with Gasteiger partial charge in [0, 0.05) is 18.5 Å². The molecule has 2 aromatic carbocycles. The number of hydrogen-bond donors (Lipinski definition) is 1. The molecule has 2 aromatic rings. The quantitative estimate of drug-likeness (QED) is 0.628. The van der Waals surface area contributed by atoms with Crippen molar-refractivity contribution in [3.8, 4) is 0 Å². The number of imide groups is 1. The van der Waals surface area contributed by atoms with Crippen molar-refractivity contribution < 1.29 is 18.8 Å². The summed E-state index contributed by atoms with van der Waals surface area (Å²) in [6.07, 6.45) is 0.483. The summed E-state index contributed by atoms with van der Waals surface area (Å²) < 4.78 is 13.5. The summed E-state index contributed by atoms with van der Waals surface area (Å²) in [5, 5.41) is 2.48. The van der Waals surface area contributed by atoms with Crippen LogP contribution in [0, 0.1) is 5.82 Å². The molecule has 1 N–H and O–H groups in total. The van der Waals surface area contributed by atoms with Gasteiger partial charge >= 0.3 is 0 Å². The molecular weight excluding hydrogens is 382 g/mol. The fourth-order valence-corrected chi connectivity index (χ4v) is 3.04. The SMILES string of the molecule is O=C(Nc1ccc(CN2C(=O)CCC2=O)cc1)c1cc(F)c(Cl)cc1Cl. The van der Waals surface area contributed by atoms with Gasteiger partial charge in [0.05, 0.1) is 22.2 Å². The fourth-order valence-electron chi connectivity index (χ4n) is 2.57. The Morgan fingerprint density at radius 3 is 2.27 bits per heavy atom. The van der Waals surface area contributed by atoms with Crippen LogP contribution in [0.5, 0.6) is 0 Å².